The second kappa shape index (κ2) is 7.68. The highest BCUT2D eigenvalue weighted by Crippen LogP contribution is 2.37. The molecule has 0 spiro atoms. The van der Waals surface area contributed by atoms with E-state index in [9.17, 15) is 0 Å². The van der Waals surface area contributed by atoms with Gasteiger partial charge in [0.2, 0.25) is 0 Å². The Morgan fingerprint density at radius 2 is 1.48 bits per heavy atom. The van der Waals surface area contributed by atoms with Crippen LogP contribution >= 0.6 is 0 Å². The molecule has 0 N–H and O–H groups in total. The van der Waals surface area contributed by atoms with Crippen LogP contribution in [0.1, 0.15) is 25.0 Å². The van der Waals surface area contributed by atoms with Crippen LogP contribution in [0.5, 0.6) is 11.5 Å². The lowest BCUT2D eigenvalue weighted by molar-refractivity contribution is 0.353. The van der Waals surface area contributed by atoms with Crippen LogP contribution in [0, 0.1) is 0 Å². The Morgan fingerprint density at radius 3 is 2.13 bits per heavy atom. The first-order valence-corrected chi connectivity index (χ1v) is 7.77. The van der Waals surface area contributed by atoms with Gasteiger partial charge in [0.05, 0.1) is 0 Å². The Balaban J connectivity index is 2.30. The topological polar surface area (TPSA) is 18.5 Å². The average molecular weight is 308 g/mol. The van der Waals surface area contributed by atoms with Crippen LogP contribution in [0.25, 0.3) is 0 Å². The summed E-state index contributed by atoms with van der Waals surface area (Å²) in [5.74, 6) is 1.74. The van der Waals surface area contributed by atoms with Crippen molar-refractivity contribution in [1.82, 2.24) is 0 Å². The summed E-state index contributed by atoms with van der Waals surface area (Å²) in [6.45, 7) is 12.8. The van der Waals surface area contributed by atoms with Crippen molar-refractivity contribution in [3.8, 4) is 11.5 Å². The molecule has 0 saturated carbocycles. The Morgan fingerprint density at radius 1 is 0.870 bits per heavy atom. The van der Waals surface area contributed by atoms with Gasteiger partial charge in [-0.15, -0.1) is 0 Å². The molecule has 23 heavy (non-hydrogen) atoms. The maximum absolute atomic E-state index is 5.82. The van der Waals surface area contributed by atoms with Crippen molar-refractivity contribution in [1.29, 1.82) is 0 Å². The van der Waals surface area contributed by atoms with Crippen LogP contribution in [0.15, 0.2) is 73.8 Å². The normalized spacial score (nSPS) is 10.9. The van der Waals surface area contributed by atoms with Crippen molar-refractivity contribution in [2.24, 2.45) is 0 Å². The molecule has 2 nitrogen and oxygen atoms in total. The van der Waals surface area contributed by atoms with E-state index in [0.717, 1.165) is 17.1 Å². The maximum atomic E-state index is 5.82. The van der Waals surface area contributed by atoms with Crippen LogP contribution in [0.4, 0.5) is 0 Å². The van der Waals surface area contributed by atoms with Gasteiger partial charge < -0.3 is 9.47 Å². The monoisotopic (exact) mass is 308 g/mol. The molecule has 0 aromatic heterocycles. The van der Waals surface area contributed by atoms with E-state index in [4.69, 9.17) is 9.47 Å². The minimum absolute atomic E-state index is 0.172. The summed E-state index contributed by atoms with van der Waals surface area (Å²) in [5.41, 5.74) is 2.19. The fraction of sp³-hybridized carbons (Fsp3) is 0.238. The molecule has 2 rings (SSSR count). The Bertz CT molecular complexity index is 654. The van der Waals surface area contributed by atoms with Gasteiger partial charge in [0, 0.05) is 11.0 Å². The first kappa shape index (κ1) is 16.9. The highest BCUT2D eigenvalue weighted by molar-refractivity contribution is 5.46. The quantitative estimate of drug-likeness (QED) is 0.628. The van der Waals surface area contributed by atoms with E-state index >= 15 is 0 Å². The molecule has 2 aromatic rings. The Hall–Kier alpha value is -2.48. The van der Waals surface area contributed by atoms with Crippen molar-refractivity contribution in [3.05, 3.63) is 85.0 Å². The third-order valence-electron chi connectivity index (χ3n) is 3.86. The van der Waals surface area contributed by atoms with Gasteiger partial charge in [-0.25, -0.2) is 0 Å². The molecule has 0 aliphatic carbocycles. The highest BCUT2D eigenvalue weighted by atomic mass is 16.5. The van der Waals surface area contributed by atoms with Gasteiger partial charge in [0.1, 0.15) is 24.7 Å². The zero-order chi connectivity index (χ0) is 16.7. The summed E-state index contributed by atoms with van der Waals surface area (Å²) in [5, 5.41) is 0. The molecule has 0 radical (unpaired) electrons. The van der Waals surface area contributed by atoms with Crippen molar-refractivity contribution in [2.45, 2.75) is 19.3 Å². The van der Waals surface area contributed by atoms with Gasteiger partial charge in [-0.1, -0.05) is 69.5 Å². The van der Waals surface area contributed by atoms with Crippen molar-refractivity contribution in [3.63, 3.8) is 0 Å². The average Bonchev–Trinajstić information content (AvgIpc) is 2.58. The summed E-state index contributed by atoms with van der Waals surface area (Å²) < 4.78 is 11.4. The van der Waals surface area contributed by atoms with Crippen LogP contribution in [-0.4, -0.2) is 13.2 Å². The second-order valence-electron chi connectivity index (χ2n) is 5.84. The summed E-state index contributed by atoms with van der Waals surface area (Å²) in [7, 11) is 0. The summed E-state index contributed by atoms with van der Waals surface area (Å²) in [6.07, 6.45) is 3.50. The van der Waals surface area contributed by atoms with E-state index in [-0.39, 0.29) is 5.41 Å². The number of rotatable bonds is 8. The Labute approximate surface area is 139 Å². The fourth-order valence-corrected chi connectivity index (χ4v) is 2.54. The lowest BCUT2D eigenvalue weighted by Crippen LogP contribution is -2.20. The second-order valence-corrected chi connectivity index (χ2v) is 5.84. The predicted octanol–water partition coefficient (Wildman–Crippen LogP) is 5.14. The zero-order valence-corrected chi connectivity index (χ0v) is 13.9. The van der Waals surface area contributed by atoms with E-state index in [0.29, 0.717) is 13.2 Å². The molecule has 0 aliphatic heterocycles. The molecule has 2 heteroatoms. The van der Waals surface area contributed by atoms with Gasteiger partial charge in [-0.05, 0) is 23.8 Å². The number of hydrogen-bond acceptors (Lipinski definition) is 2. The van der Waals surface area contributed by atoms with E-state index in [2.05, 4.69) is 45.2 Å². The fourth-order valence-electron chi connectivity index (χ4n) is 2.54. The molecule has 0 fully saturated rings. The lowest BCUT2D eigenvalue weighted by atomic mass is 9.77. The van der Waals surface area contributed by atoms with Gasteiger partial charge in [0.15, 0.2) is 0 Å². The van der Waals surface area contributed by atoms with Crippen LogP contribution < -0.4 is 9.47 Å². The smallest absolute Gasteiger partial charge is 0.123 e. The molecular weight excluding hydrogens is 284 g/mol. The number of para-hydroxylation sites is 1. The molecule has 0 saturated heterocycles. The molecule has 2 aromatic carbocycles. The molecule has 0 aliphatic rings. The lowest BCUT2D eigenvalue weighted by Gasteiger charge is -2.28. The minimum Gasteiger partial charge on any atom is -0.490 e. The maximum Gasteiger partial charge on any atom is 0.123 e. The van der Waals surface area contributed by atoms with E-state index in [1.165, 1.54) is 5.56 Å². The first-order chi connectivity index (χ1) is 11.1. The summed E-state index contributed by atoms with van der Waals surface area (Å²) >= 11 is 0. The van der Waals surface area contributed by atoms with Crippen molar-refractivity contribution >= 4 is 0 Å². The zero-order valence-electron chi connectivity index (χ0n) is 13.9. The van der Waals surface area contributed by atoms with Crippen LogP contribution in [-0.2, 0) is 5.41 Å². The van der Waals surface area contributed by atoms with Gasteiger partial charge in [-0.3, -0.25) is 0 Å². The molecule has 0 atom stereocenters. The molecule has 0 amide bonds. The Kier molecular flexibility index (Phi) is 5.64. The number of hydrogen-bond donors (Lipinski definition) is 0. The standard InChI is InChI=1S/C21H24O2/c1-5-15-22-18-13-11-17(12-14-18)21(3,4)19-9-7-8-10-20(19)23-16-6-2/h5-14H,1-2,15-16H2,3-4H3. The third-order valence-corrected chi connectivity index (χ3v) is 3.86. The number of ether oxygens (including phenoxy) is 2. The van der Waals surface area contributed by atoms with Crippen molar-refractivity contribution in [2.75, 3.05) is 13.2 Å². The molecule has 0 unspecified atom stereocenters. The van der Waals surface area contributed by atoms with Gasteiger partial charge in [-0.2, -0.15) is 0 Å². The minimum atomic E-state index is -0.172. The molecule has 0 bridgehead atoms. The predicted molar refractivity (Wildman–Crippen MR) is 96.4 cm³/mol. The van der Waals surface area contributed by atoms with E-state index in [1.54, 1.807) is 12.2 Å². The summed E-state index contributed by atoms with van der Waals surface area (Å²) in [6, 6.07) is 16.3. The van der Waals surface area contributed by atoms with Crippen LogP contribution in [0.3, 0.4) is 0 Å². The first-order valence-electron chi connectivity index (χ1n) is 7.77. The summed E-state index contributed by atoms with van der Waals surface area (Å²) in [4.78, 5) is 0. The van der Waals surface area contributed by atoms with E-state index in [1.807, 2.05) is 30.3 Å². The van der Waals surface area contributed by atoms with Crippen LogP contribution in [0.2, 0.25) is 0 Å². The molecule has 120 valence electrons. The number of benzene rings is 2. The van der Waals surface area contributed by atoms with Gasteiger partial charge >= 0.3 is 0 Å². The SMILES string of the molecule is C=CCOc1ccc(C(C)(C)c2ccccc2OCC=C)cc1. The van der Waals surface area contributed by atoms with E-state index < -0.39 is 0 Å². The highest BCUT2D eigenvalue weighted by Gasteiger charge is 2.26. The third kappa shape index (κ3) is 4.04. The molecular formula is C21H24O2. The van der Waals surface area contributed by atoms with Gasteiger partial charge in [0.25, 0.3) is 0 Å². The largest absolute Gasteiger partial charge is 0.490 e. The van der Waals surface area contributed by atoms with Crippen molar-refractivity contribution < 1.29 is 9.47 Å². The molecule has 0 heterocycles.